The second kappa shape index (κ2) is 3.47. The molecule has 5 nitrogen and oxygen atoms in total. The summed E-state index contributed by atoms with van der Waals surface area (Å²) in [6.45, 7) is 0.540. The molecule has 1 aromatic carbocycles. The summed E-state index contributed by atoms with van der Waals surface area (Å²) in [5.41, 5.74) is 12.9. The molecule has 0 bridgehead atoms. The second-order valence-corrected chi connectivity index (χ2v) is 2.94. The van der Waals surface area contributed by atoms with Gasteiger partial charge in [-0.05, 0) is 5.56 Å². The summed E-state index contributed by atoms with van der Waals surface area (Å²) in [5.74, 6) is 0.925. The number of nitrogen functional groups attached to an aromatic ring is 1. The van der Waals surface area contributed by atoms with Gasteiger partial charge in [-0.15, -0.1) is 5.10 Å². The Morgan fingerprint density at radius 2 is 1.93 bits per heavy atom. The van der Waals surface area contributed by atoms with Crippen LogP contribution in [0.1, 0.15) is 5.56 Å². The zero-order valence-electron chi connectivity index (χ0n) is 7.57. The Morgan fingerprint density at radius 1 is 1.21 bits per heavy atom. The third-order valence-corrected chi connectivity index (χ3v) is 1.97. The van der Waals surface area contributed by atoms with Gasteiger partial charge in [0.1, 0.15) is 0 Å². The number of hydrogen-bond acceptors (Lipinski definition) is 4. The van der Waals surface area contributed by atoms with E-state index in [2.05, 4.69) is 15.2 Å². The lowest BCUT2D eigenvalue weighted by Gasteiger charge is -1.98. The predicted molar refractivity (Wildman–Crippen MR) is 54.1 cm³/mol. The van der Waals surface area contributed by atoms with E-state index in [1.165, 1.54) is 0 Å². The molecule has 14 heavy (non-hydrogen) atoms. The number of H-pyrrole nitrogens is 1. The number of anilines is 1. The van der Waals surface area contributed by atoms with Crippen LogP contribution in [0.25, 0.3) is 11.4 Å². The molecule has 0 amide bonds. The maximum atomic E-state index is 5.49. The molecule has 5 heteroatoms. The Balaban J connectivity index is 2.33. The predicted octanol–water partition coefficient (Wildman–Crippen LogP) is 0.513. The zero-order chi connectivity index (χ0) is 9.97. The first kappa shape index (κ1) is 8.71. The lowest BCUT2D eigenvalue weighted by atomic mass is 10.1. The van der Waals surface area contributed by atoms with Crippen LogP contribution in [0, 0.1) is 0 Å². The van der Waals surface area contributed by atoms with Crippen LogP contribution in [0.3, 0.4) is 0 Å². The SMILES string of the molecule is NCc1ccc(-c2nc(N)n[nH]2)cc1. The minimum absolute atomic E-state index is 0.253. The third kappa shape index (κ3) is 1.57. The molecule has 0 aliphatic rings. The molecule has 1 heterocycles. The molecule has 0 unspecified atom stereocenters. The van der Waals surface area contributed by atoms with E-state index in [1.54, 1.807) is 0 Å². The fourth-order valence-electron chi connectivity index (χ4n) is 1.20. The highest BCUT2D eigenvalue weighted by atomic mass is 15.3. The highest BCUT2D eigenvalue weighted by molar-refractivity contribution is 5.56. The van der Waals surface area contributed by atoms with Crippen LogP contribution in [0.4, 0.5) is 5.95 Å². The minimum Gasteiger partial charge on any atom is -0.366 e. The van der Waals surface area contributed by atoms with Gasteiger partial charge in [0.15, 0.2) is 5.82 Å². The minimum atomic E-state index is 0.253. The first-order chi connectivity index (χ1) is 6.79. The first-order valence-corrected chi connectivity index (χ1v) is 4.27. The van der Waals surface area contributed by atoms with Gasteiger partial charge in [0.2, 0.25) is 5.95 Å². The molecular weight excluding hydrogens is 178 g/mol. The molecule has 72 valence electrons. The summed E-state index contributed by atoms with van der Waals surface area (Å²) in [6, 6.07) is 7.77. The van der Waals surface area contributed by atoms with Crippen LogP contribution in [-0.2, 0) is 6.54 Å². The van der Waals surface area contributed by atoms with E-state index < -0.39 is 0 Å². The van der Waals surface area contributed by atoms with Gasteiger partial charge in [-0.1, -0.05) is 24.3 Å². The van der Waals surface area contributed by atoms with Crippen molar-refractivity contribution in [3.05, 3.63) is 29.8 Å². The number of rotatable bonds is 2. The average molecular weight is 189 g/mol. The van der Waals surface area contributed by atoms with Crippen LogP contribution < -0.4 is 11.5 Å². The van der Waals surface area contributed by atoms with Crippen molar-refractivity contribution >= 4 is 5.95 Å². The van der Waals surface area contributed by atoms with Crippen LogP contribution >= 0.6 is 0 Å². The number of nitrogens with zero attached hydrogens (tertiary/aromatic N) is 2. The molecule has 0 fully saturated rings. The molecular formula is C9H11N5. The lowest BCUT2D eigenvalue weighted by molar-refractivity contribution is 1.07. The van der Waals surface area contributed by atoms with Gasteiger partial charge in [-0.25, -0.2) is 0 Å². The number of aromatic nitrogens is 3. The van der Waals surface area contributed by atoms with Gasteiger partial charge in [0.05, 0.1) is 0 Å². The van der Waals surface area contributed by atoms with Crippen LogP contribution in [0.15, 0.2) is 24.3 Å². The maximum absolute atomic E-state index is 5.49. The standard InChI is InChI=1S/C9H11N5/c10-5-6-1-3-7(4-2-6)8-12-9(11)14-13-8/h1-4H,5,10H2,(H3,11,12,13,14). The molecule has 0 saturated carbocycles. The van der Waals surface area contributed by atoms with E-state index in [0.29, 0.717) is 12.4 Å². The van der Waals surface area contributed by atoms with Crippen LogP contribution in [0.5, 0.6) is 0 Å². The summed E-state index contributed by atoms with van der Waals surface area (Å²) in [5, 5.41) is 6.49. The molecule has 2 aromatic rings. The highest BCUT2D eigenvalue weighted by Gasteiger charge is 2.02. The monoisotopic (exact) mass is 189 g/mol. The number of benzene rings is 1. The van der Waals surface area contributed by atoms with Crippen LogP contribution in [0.2, 0.25) is 0 Å². The fraction of sp³-hybridized carbons (Fsp3) is 0.111. The van der Waals surface area contributed by atoms with Crippen molar-refractivity contribution in [2.24, 2.45) is 5.73 Å². The van der Waals surface area contributed by atoms with Crippen molar-refractivity contribution in [1.82, 2.24) is 15.2 Å². The Labute approximate surface area is 81.2 Å². The van der Waals surface area contributed by atoms with E-state index in [-0.39, 0.29) is 5.95 Å². The van der Waals surface area contributed by atoms with E-state index in [4.69, 9.17) is 11.5 Å². The average Bonchev–Trinajstić information content (AvgIpc) is 2.65. The number of aromatic amines is 1. The van der Waals surface area contributed by atoms with E-state index >= 15 is 0 Å². The van der Waals surface area contributed by atoms with Gasteiger partial charge < -0.3 is 11.5 Å². The zero-order valence-corrected chi connectivity index (χ0v) is 7.57. The maximum Gasteiger partial charge on any atom is 0.239 e. The van der Waals surface area contributed by atoms with E-state index in [9.17, 15) is 0 Å². The summed E-state index contributed by atoms with van der Waals surface area (Å²) >= 11 is 0. The van der Waals surface area contributed by atoms with Crippen molar-refractivity contribution < 1.29 is 0 Å². The van der Waals surface area contributed by atoms with Gasteiger partial charge in [-0.3, -0.25) is 5.10 Å². The number of nitrogens with two attached hydrogens (primary N) is 2. The lowest BCUT2D eigenvalue weighted by Crippen LogP contribution is -1.95. The molecule has 0 atom stereocenters. The molecule has 2 rings (SSSR count). The largest absolute Gasteiger partial charge is 0.366 e. The number of hydrogen-bond donors (Lipinski definition) is 3. The van der Waals surface area contributed by atoms with Crippen molar-refractivity contribution in [3.8, 4) is 11.4 Å². The summed E-state index contributed by atoms with van der Waals surface area (Å²) in [4.78, 5) is 4.02. The Morgan fingerprint density at radius 3 is 2.43 bits per heavy atom. The van der Waals surface area contributed by atoms with Crippen molar-refractivity contribution in [2.75, 3.05) is 5.73 Å². The normalized spacial score (nSPS) is 10.4. The molecule has 0 aliphatic carbocycles. The van der Waals surface area contributed by atoms with Crippen molar-refractivity contribution in [2.45, 2.75) is 6.54 Å². The van der Waals surface area contributed by atoms with Gasteiger partial charge in [0, 0.05) is 12.1 Å². The van der Waals surface area contributed by atoms with Gasteiger partial charge in [-0.2, -0.15) is 4.98 Å². The molecule has 0 radical (unpaired) electrons. The van der Waals surface area contributed by atoms with Gasteiger partial charge in [0.25, 0.3) is 0 Å². The number of nitrogens with one attached hydrogen (secondary N) is 1. The molecule has 0 aliphatic heterocycles. The smallest absolute Gasteiger partial charge is 0.239 e. The second-order valence-electron chi connectivity index (χ2n) is 2.94. The Hall–Kier alpha value is -1.88. The summed E-state index contributed by atoms with van der Waals surface area (Å²) in [7, 11) is 0. The molecule has 5 N–H and O–H groups in total. The summed E-state index contributed by atoms with van der Waals surface area (Å²) < 4.78 is 0. The van der Waals surface area contributed by atoms with E-state index in [0.717, 1.165) is 11.1 Å². The van der Waals surface area contributed by atoms with Gasteiger partial charge >= 0.3 is 0 Å². The Kier molecular flexibility index (Phi) is 2.16. The van der Waals surface area contributed by atoms with Crippen molar-refractivity contribution in [1.29, 1.82) is 0 Å². The summed E-state index contributed by atoms with van der Waals surface area (Å²) in [6.07, 6.45) is 0. The third-order valence-electron chi connectivity index (χ3n) is 1.97. The molecule has 0 saturated heterocycles. The Bertz CT molecular complexity index is 417. The quantitative estimate of drug-likeness (QED) is 0.641. The fourth-order valence-corrected chi connectivity index (χ4v) is 1.20. The van der Waals surface area contributed by atoms with Crippen molar-refractivity contribution in [3.63, 3.8) is 0 Å². The molecule has 0 spiro atoms. The first-order valence-electron chi connectivity index (χ1n) is 4.27. The topological polar surface area (TPSA) is 93.6 Å². The van der Waals surface area contributed by atoms with Crippen LogP contribution in [-0.4, -0.2) is 15.2 Å². The molecule has 1 aromatic heterocycles. The van der Waals surface area contributed by atoms with E-state index in [1.807, 2.05) is 24.3 Å². The highest BCUT2D eigenvalue weighted by Crippen LogP contribution is 2.15.